The summed E-state index contributed by atoms with van der Waals surface area (Å²) in [5.41, 5.74) is 0.111. The molecule has 18 heavy (non-hydrogen) atoms. The fraction of sp³-hybridized carbons (Fsp3) is 0.846. The van der Waals surface area contributed by atoms with Crippen LogP contribution in [-0.2, 0) is 11.2 Å². The largest absolute Gasteiger partial charge is 0.373 e. The van der Waals surface area contributed by atoms with Crippen LogP contribution in [0.4, 0.5) is 0 Å². The Bertz CT molecular complexity index is 344. The van der Waals surface area contributed by atoms with Crippen molar-refractivity contribution in [2.75, 3.05) is 13.7 Å². The summed E-state index contributed by atoms with van der Waals surface area (Å²) in [6.07, 6.45) is 2.64. The summed E-state index contributed by atoms with van der Waals surface area (Å²) in [5.74, 6) is 1.32. The number of methoxy groups -OCH3 is 1. The molecular weight excluding hydrogens is 230 g/mol. The summed E-state index contributed by atoms with van der Waals surface area (Å²) >= 11 is 0. The van der Waals surface area contributed by atoms with Crippen LogP contribution in [0.2, 0.25) is 0 Å². The van der Waals surface area contributed by atoms with Crippen LogP contribution in [0, 0.1) is 0 Å². The van der Waals surface area contributed by atoms with Gasteiger partial charge in [0.2, 0.25) is 11.7 Å². The highest BCUT2D eigenvalue weighted by Crippen LogP contribution is 2.18. The number of ether oxygens (including phenoxy) is 1. The number of nitrogens with one attached hydrogen (secondary N) is 1. The zero-order valence-corrected chi connectivity index (χ0v) is 12.1. The molecule has 0 fully saturated rings. The van der Waals surface area contributed by atoms with Gasteiger partial charge in [0.05, 0.1) is 0 Å². The molecule has 0 amide bonds. The van der Waals surface area contributed by atoms with Crippen molar-refractivity contribution in [2.24, 2.45) is 0 Å². The van der Waals surface area contributed by atoms with Crippen LogP contribution in [0.5, 0.6) is 0 Å². The van der Waals surface area contributed by atoms with Crippen molar-refractivity contribution in [3.8, 4) is 0 Å². The van der Waals surface area contributed by atoms with Gasteiger partial charge >= 0.3 is 0 Å². The van der Waals surface area contributed by atoms with Crippen LogP contribution < -0.4 is 5.32 Å². The van der Waals surface area contributed by atoms with Crippen LogP contribution in [0.25, 0.3) is 0 Å². The molecule has 0 bridgehead atoms. The lowest BCUT2D eigenvalue weighted by Gasteiger charge is -2.19. The Morgan fingerprint density at radius 3 is 2.67 bits per heavy atom. The molecule has 0 aliphatic rings. The Morgan fingerprint density at radius 2 is 2.11 bits per heavy atom. The van der Waals surface area contributed by atoms with E-state index in [1.54, 1.807) is 7.11 Å². The first-order valence-corrected chi connectivity index (χ1v) is 6.56. The maximum Gasteiger partial charge on any atom is 0.228 e. The fourth-order valence-corrected chi connectivity index (χ4v) is 1.66. The van der Waals surface area contributed by atoms with Crippen LogP contribution in [0.15, 0.2) is 4.52 Å². The van der Waals surface area contributed by atoms with Gasteiger partial charge in [0.1, 0.15) is 6.10 Å². The molecule has 1 aromatic heterocycles. The molecule has 0 aliphatic carbocycles. The second-order valence-electron chi connectivity index (χ2n) is 5.49. The quantitative estimate of drug-likeness (QED) is 0.811. The first-order valence-electron chi connectivity index (χ1n) is 6.56. The van der Waals surface area contributed by atoms with E-state index in [0.717, 1.165) is 25.8 Å². The van der Waals surface area contributed by atoms with Gasteiger partial charge in [0, 0.05) is 25.6 Å². The number of rotatable bonds is 7. The van der Waals surface area contributed by atoms with Gasteiger partial charge in [-0.15, -0.1) is 0 Å². The Morgan fingerprint density at radius 1 is 1.39 bits per heavy atom. The van der Waals surface area contributed by atoms with Gasteiger partial charge in [-0.2, -0.15) is 4.98 Å². The molecule has 1 atom stereocenters. The van der Waals surface area contributed by atoms with E-state index in [-0.39, 0.29) is 11.6 Å². The maximum atomic E-state index is 5.35. The number of hydrogen-bond donors (Lipinski definition) is 1. The standard InChI is InChI=1S/C13H25N3O2/c1-6-7-10(17-5)12-15-11(18-16-12)8-9-14-13(2,3)4/h10,14H,6-9H2,1-5H3. The minimum Gasteiger partial charge on any atom is -0.373 e. The van der Waals surface area contributed by atoms with E-state index in [0.29, 0.717) is 11.7 Å². The predicted octanol–water partition coefficient (Wildman–Crippen LogP) is 2.49. The minimum absolute atomic E-state index is 0.0527. The number of aromatic nitrogens is 2. The lowest BCUT2D eigenvalue weighted by Crippen LogP contribution is -2.37. The van der Waals surface area contributed by atoms with Crippen molar-refractivity contribution in [3.63, 3.8) is 0 Å². The Kier molecular flexibility index (Phi) is 5.75. The van der Waals surface area contributed by atoms with E-state index in [2.05, 4.69) is 43.2 Å². The SMILES string of the molecule is CCCC(OC)c1noc(CCNC(C)(C)C)n1. The zero-order valence-electron chi connectivity index (χ0n) is 12.1. The van der Waals surface area contributed by atoms with Crippen molar-refractivity contribution in [1.82, 2.24) is 15.5 Å². The first kappa shape index (κ1) is 15.1. The smallest absolute Gasteiger partial charge is 0.228 e. The second kappa shape index (κ2) is 6.85. The van der Waals surface area contributed by atoms with E-state index < -0.39 is 0 Å². The highest BCUT2D eigenvalue weighted by Gasteiger charge is 2.17. The topological polar surface area (TPSA) is 60.2 Å². The van der Waals surface area contributed by atoms with Crippen LogP contribution in [-0.4, -0.2) is 29.3 Å². The average Bonchev–Trinajstić information content (AvgIpc) is 2.72. The summed E-state index contributed by atoms with van der Waals surface area (Å²) in [4.78, 5) is 4.38. The molecule has 1 rings (SSSR count). The molecule has 0 saturated carbocycles. The van der Waals surface area contributed by atoms with Gasteiger partial charge in [-0.1, -0.05) is 18.5 Å². The summed E-state index contributed by atoms with van der Waals surface area (Å²) < 4.78 is 10.6. The summed E-state index contributed by atoms with van der Waals surface area (Å²) in [6.45, 7) is 9.34. The van der Waals surface area contributed by atoms with E-state index in [1.165, 1.54) is 0 Å². The third-order valence-corrected chi connectivity index (χ3v) is 2.60. The summed E-state index contributed by atoms with van der Waals surface area (Å²) in [6, 6.07) is 0. The van der Waals surface area contributed by atoms with Crippen molar-refractivity contribution in [2.45, 2.75) is 58.6 Å². The average molecular weight is 255 g/mol. The van der Waals surface area contributed by atoms with Gasteiger partial charge in [0.25, 0.3) is 0 Å². The molecule has 0 radical (unpaired) electrons. The molecule has 0 aromatic carbocycles. The predicted molar refractivity (Wildman–Crippen MR) is 70.4 cm³/mol. The molecule has 5 heteroatoms. The molecule has 1 unspecified atom stereocenters. The molecule has 1 heterocycles. The molecule has 104 valence electrons. The Labute approximate surface area is 109 Å². The highest BCUT2D eigenvalue weighted by molar-refractivity contribution is 4.92. The lowest BCUT2D eigenvalue weighted by atomic mass is 10.1. The molecule has 5 nitrogen and oxygen atoms in total. The monoisotopic (exact) mass is 255 g/mol. The molecular formula is C13H25N3O2. The molecule has 1 N–H and O–H groups in total. The minimum atomic E-state index is -0.0527. The van der Waals surface area contributed by atoms with E-state index in [4.69, 9.17) is 9.26 Å². The van der Waals surface area contributed by atoms with Crippen LogP contribution >= 0.6 is 0 Å². The van der Waals surface area contributed by atoms with Crippen molar-refractivity contribution >= 4 is 0 Å². The lowest BCUT2D eigenvalue weighted by molar-refractivity contribution is 0.0854. The summed E-state index contributed by atoms with van der Waals surface area (Å²) in [7, 11) is 1.68. The molecule has 0 saturated heterocycles. The summed E-state index contributed by atoms with van der Waals surface area (Å²) in [5, 5.41) is 7.37. The van der Waals surface area contributed by atoms with E-state index in [1.807, 2.05) is 0 Å². The van der Waals surface area contributed by atoms with Gasteiger partial charge in [-0.25, -0.2) is 0 Å². The normalized spacial score (nSPS) is 13.8. The van der Waals surface area contributed by atoms with Gasteiger partial charge in [-0.05, 0) is 27.2 Å². The van der Waals surface area contributed by atoms with Gasteiger partial charge < -0.3 is 14.6 Å². The van der Waals surface area contributed by atoms with Crippen molar-refractivity contribution < 1.29 is 9.26 Å². The Balaban J connectivity index is 2.47. The molecule has 0 aliphatic heterocycles. The maximum absolute atomic E-state index is 5.35. The number of hydrogen-bond acceptors (Lipinski definition) is 5. The highest BCUT2D eigenvalue weighted by atomic mass is 16.5. The molecule has 1 aromatic rings. The first-order chi connectivity index (χ1) is 8.46. The third kappa shape index (κ3) is 5.14. The van der Waals surface area contributed by atoms with E-state index in [9.17, 15) is 0 Å². The molecule has 0 spiro atoms. The van der Waals surface area contributed by atoms with Crippen LogP contribution in [0.3, 0.4) is 0 Å². The van der Waals surface area contributed by atoms with Gasteiger partial charge in [0.15, 0.2) is 0 Å². The third-order valence-electron chi connectivity index (χ3n) is 2.60. The van der Waals surface area contributed by atoms with Gasteiger partial charge in [-0.3, -0.25) is 0 Å². The van der Waals surface area contributed by atoms with E-state index >= 15 is 0 Å². The number of nitrogens with zero attached hydrogens (tertiary/aromatic N) is 2. The Hall–Kier alpha value is -0.940. The van der Waals surface area contributed by atoms with Crippen LogP contribution in [0.1, 0.15) is 58.4 Å². The van der Waals surface area contributed by atoms with Crippen molar-refractivity contribution in [1.29, 1.82) is 0 Å². The van der Waals surface area contributed by atoms with Crippen molar-refractivity contribution in [3.05, 3.63) is 11.7 Å². The fourth-order valence-electron chi connectivity index (χ4n) is 1.66. The second-order valence-corrected chi connectivity index (χ2v) is 5.49. The zero-order chi connectivity index (χ0) is 13.6.